The maximum atomic E-state index is 13.5. The molecule has 0 aliphatic carbocycles. The lowest BCUT2D eigenvalue weighted by molar-refractivity contribution is 0.430. The third kappa shape index (κ3) is 4.27. The molecule has 4 aromatic rings. The van der Waals surface area contributed by atoms with Gasteiger partial charge in [0.2, 0.25) is 5.88 Å². The highest BCUT2D eigenvalue weighted by atomic mass is 19.1. The highest BCUT2D eigenvalue weighted by Crippen LogP contribution is 2.21. The van der Waals surface area contributed by atoms with Gasteiger partial charge in [-0.15, -0.1) is 0 Å². The number of aromatic amines is 2. The van der Waals surface area contributed by atoms with Gasteiger partial charge in [-0.05, 0) is 43.3 Å². The zero-order valence-electron chi connectivity index (χ0n) is 17.2. The lowest BCUT2D eigenvalue weighted by Gasteiger charge is -2.14. The Morgan fingerprint density at radius 2 is 1.84 bits per heavy atom. The van der Waals surface area contributed by atoms with Gasteiger partial charge >= 0.3 is 5.69 Å². The van der Waals surface area contributed by atoms with Crippen LogP contribution in [0.2, 0.25) is 0 Å². The monoisotopic (exact) mass is 433 g/mol. The van der Waals surface area contributed by atoms with Crippen molar-refractivity contribution in [3.63, 3.8) is 0 Å². The van der Waals surface area contributed by atoms with Crippen molar-refractivity contribution in [2.24, 2.45) is 4.99 Å². The second kappa shape index (κ2) is 8.84. The van der Waals surface area contributed by atoms with Crippen LogP contribution in [0.1, 0.15) is 22.4 Å². The van der Waals surface area contributed by atoms with Gasteiger partial charge in [-0.2, -0.15) is 0 Å². The Bertz CT molecular complexity index is 1370. The number of H-pyrrole nitrogens is 2. The molecule has 0 spiro atoms. The largest absolute Gasteiger partial charge is 0.493 e. The molecular weight excluding hydrogens is 413 g/mol. The number of hydrogen-bond donors (Lipinski definition) is 3. The van der Waals surface area contributed by atoms with Crippen LogP contribution in [0.3, 0.4) is 0 Å². The molecule has 0 saturated carbocycles. The minimum absolute atomic E-state index is 0.143. The van der Waals surface area contributed by atoms with Crippen LogP contribution < -0.4 is 11.2 Å². The number of aromatic hydroxyl groups is 1. The molecule has 0 amide bonds. The minimum Gasteiger partial charge on any atom is -0.493 e. The summed E-state index contributed by atoms with van der Waals surface area (Å²) in [4.78, 5) is 39.0. The molecule has 0 saturated heterocycles. The number of aryl methyl sites for hydroxylation is 1. The van der Waals surface area contributed by atoms with E-state index in [-0.39, 0.29) is 17.8 Å². The van der Waals surface area contributed by atoms with Gasteiger partial charge in [-0.25, -0.2) is 18.7 Å². The molecule has 32 heavy (non-hydrogen) atoms. The first-order chi connectivity index (χ1) is 15.4. The molecule has 0 bridgehead atoms. The maximum absolute atomic E-state index is 13.5. The summed E-state index contributed by atoms with van der Waals surface area (Å²) in [6.07, 6.45) is 3.71. The minimum atomic E-state index is -0.791. The molecule has 9 heteroatoms. The van der Waals surface area contributed by atoms with Gasteiger partial charge in [0.1, 0.15) is 11.4 Å². The molecule has 162 valence electrons. The standard InChI is InChI=1S/C23H20FN5O3/c1-14-2-8-18(9-3-14)29-22(31)19(21(30)28-23(29)32)20(15-4-6-16(24)7-5-15)26-11-10-17-12-25-13-27-17/h2-9,12-13,31H,10-11H2,1H3,(H,25,27)(H,28,30,32). The summed E-state index contributed by atoms with van der Waals surface area (Å²) in [7, 11) is 0. The average molecular weight is 433 g/mol. The van der Waals surface area contributed by atoms with Crippen LogP contribution in [0.5, 0.6) is 5.88 Å². The van der Waals surface area contributed by atoms with Crippen LogP contribution in [0.4, 0.5) is 4.39 Å². The van der Waals surface area contributed by atoms with Crippen molar-refractivity contribution in [1.82, 2.24) is 19.5 Å². The molecule has 0 aliphatic heterocycles. The Morgan fingerprint density at radius 1 is 1.12 bits per heavy atom. The van der Waals surface area contributed by atoms with E-state index in [1.54, 1.807) is 36.8 Å². The van der Waals surface area contributed by atoms with Crippen molar-refractivity contribution in [3.8, 4) is 11.6 Å². The Balaban J connectivity index is 1.87. The van der Waals surface area contributed by atoms with E-state index in [0.717, 1.165) is 15.8 Å². The summed E-state index contributed by atoms with van der Waals surface area (Å²) < 4.78 is 14.5. The number of imidazole rings is 1. The molecule has 0 fully saturated rings. The average Bonchev–Trinajstić information content (AvgIpc) is 3.28. The van der Waals surface area contributed by atoms with Crippen molar-refractivity contribution < 1.29 is 9.50 Å². The summed E-state index contributed by atoms with van der Waals surface area (Å²) in [5.74, 6) is -1.000. The number of aliphatic imine (C=N–C) groups is 1. The fraction of sp³-hybridized carbons (Fsp3) is 0.130. The van der Waals surface area contributed by atoms with E-state index in [9.17, 15) is 19.1 Å². The van der Waals surface area contributed by atoms with Crippen molar-refractivity contribution in [1.29, 1.82) is 0 Å². The Morgan fingerprint density at radius 3 is 2.50 bits per heavy atom. The Labute approximate surface area is 181 Å². The van der Waals surface area contributed by atoms with Crippen molar-refractivity contribution in [2.45, 2.75) is 13.3 Å². The van der Waals surface area contributed by atoms with Gasteiger partial charge in [-0.1, -0.05) is 17.7 Å². The SMILES string of the molecule is Cc1ccc(-n2c(O)c(C(=NCCc3cnc[nH]3)c3ccc(F)cc3)c(=O)[nH]c2=O)cc1. The fourth-order valence-corrected chi connectivity index (χ4v) is 3.30. The van der Waals surface area contributed by atoms with Crippen LogP contribution in [0.15, 0.2) is 75.6 Å². The smallest absolute Gasteiger partial charge is 0.335 e. The molecule has 2 heterocycles. The number of halogens is 1. The van der Waals surface area contributed by atoms with Gasteiger partial charge in [0.05, 0.1) is 17.7 Å². The predicted molar refractivity (Wildman–Crippen MR) is 118 cm³/mol. The first kappa shape index (κ1) is 21.0. The molecule has 3 N–H and O–H groups in total. The van der Waals surface area contributed by atoms with E-state index in [2.05, 4.69) is 19.9 Å². The van der Waals surface area contributed by atoms with Gasteiger partial charge in [-0.3, -0.25) is 14.8 Å². The van der Waals surface area contributed by atoms with E-state index in [1.807, 2.05) is 6.92 Å². The van der Waals surface area contributed by atoms with Crippen molar-refractivity contribution in [2.75, 3.05) is 6.54 Å². The number of nitrogens with one attached hydrogen (secondary N) is 2. The fourth-order valence-electron chi connectivity index (χ4n) is 3.30. The molecule has 0 aliphatic rings. The van der Waals surface area contributed by atoms with Crippen LogP contribution in [0.25, 0.3) is 5.69 Å². The molecule has 0 radical (unpaired) electrons. The van der Waals surface area contributed by atoms with Crippen LogP contribution >= 0.6 is 0 Å². The maximum Gasteiger partial charge on any atom is 0.335 e. The van der Waals surface area contributed by atoms with E-state index in [1.165, 1.54) is 24.3 Å². The van der Waals surface area contributed by atoms with Crippen molar-refractivity contribution in [3.05, 3.63) is 110 Å². The highest BCUT2D eigenvalue weighted by Gasteiger charge is 2.21. The van der Waals surface area contributed by atoms with Gasteiger partial charge in [0, 0.05) is 30.4 Å². The Kier molecular flexibility index (Phi) is 5.80. The lowest BCUT2D eigenvalue weighted by Crippen LogP contribution is -2.33. The zero-order chi connectivity index (χ0) is 22.7. The topological polar surface area (TPSA) is 116 Å². The lowest BCUT2D eigenvalue weighted by atomic mass is 10.0. The molecule has 2 aromatic heterocycles. The molecule has 2 aromatic carbocycles. The summed E-state index contributed by atoms with van der Waals surface area (Å²) >= 11 is 0. The first-order valence-corrected chi connectivity index (χ1v) is 9.87. The predicted octanol–water partition coefficient (Wildman–Crippen LogP) is 2.48. The highest BCUT2D eigenvalue weighted by molar-refractivity contribution is 6.14. The molecule has 0 atom stereocenters. The van der Waals surface area contributed by atoms with E-state index < -0.39 is 22.9 Å². The summed E-state index contributed by atoms with van der Waals surface area (Å²) in [5, 5.41) is 11.0. The first-order valence-electron chi connectivity index (χ1n) is 9.87. The molecular formula is C23H20FN5O3. The number of aromatic nitrogens is 4. The summed E-state index contributed by atoms with van der Waals surface area (Å²) in [6.45, 7) is 2.15. The van der Waals surface area contributed by atoms with Gasteiger partial charge in [0.15, 0.2) is 0 Å². The zero-order valence-corrected chi connectivity index (χ0v) is 17.2. The van der Waals surface area contributed by atoms with Crippen LogP contribution in [-0.2, 0) is 6.42 Å². The second-order valence-electron chi connectivity index (χ2n) is 7.19. The second-order valence-corrected chi connectivity index (χ2v) is 7.19. The summed E-state index contributed by atoms with van der Waals surface area (Å²) in [5.41, 5.74) is 1.01. The Hall–Kier alpha value is -4.27. The number of rotatable bonds is 6. The van der Waals surface area contributed by atoms with Gasteiger partial charge in [0.25, 0.3) is 5.56 Å². The molecule has 8 nitrogen and oxygen atoms in total. The molecule has 4 rings (SSSR count). The van der Waals surface area contributed by atoms with E-state index in [0.29, 0.717) is 17.7 Å². The van der Waals surface area contributed by atoms with E-state index in [4.69, 9.17) is 0 Å². The van der Waals surface area contributed by atoms with E-state index >= 15 is 0 Å². The molecule has 0 unspecified atom stereocenters. The normalized spacial score (nSPS) is 11.6. The van der Waals surface area contributed by atoms with Crippen LogP contribution in [0, 0.1) is 12.7 Å². The number of benzene rings is 2. The number of nitrogens with zero attached hydrogens (tertiary/aromatic N) is 3. The number of hydrogen-bond acceptors (Lipinski definition) is 5. The summed E-state index contributed by atoms with van der Waals surface area (Å²) in [6, 6.07) is 12.3. The van der Waals surface area contributed by atoms with Gasteiger partial charge < -0.3 is 10.1 Å². The third-order valence-electron chi connectivity index (χ3n) is 4.94. The van der Waals surface area contributed by atoms with Crippen molar-refractivity contribution >= 4 is 5.71 Å². The van der Waals surface area contributed by atoms with Crippen LogP contribution in [-0.4, -0.2) is 36.9 Å². The third-order valence-corrected chi connectivity index (χ3v) is 4.94. The quantitative estimate of drug-likeness (QED) is 0.405.